The van der Waals surface area contributed by atoms with Crippen LogP contribution in [0.5, 0.6) is 11.5 Å². The lowest BCUT2D eigenvalue weighted by molar-refractivity contribution is 0.0600. The van der Waals surface area contributed by atoms with Gasteiger partial charge in [0.1, 0.15) is 11.5 Å². The molecule has 0 aliphatic rings. The lowest BCUT2D eigenvalue weighted by Crippen LogP contribution is -2.06. The van der Waals surface area contributed by atoms with Crippen LogP contribution in [-0.2, 0) is 11.2 Å². The molecule has 0 saturated carbocycles. The smallest absolute Gasteiger partial charge is 0.337 e. The topological polar surface area (TPSA) is 83.8 Å². The number of esters is 1. The Balaban J connectivity index is 2.46. The van der Waals surface area contributed by atoms with E-state index in [2.05, 4.69) is 4.74 Å². The summed E-state index contributed by atoms with van der Waals surface area (Å²) in [6.07, 6.45) is 0.522. The second-order valence-corrected chi connectivity index (χ2v) is 4.75. The van der Waals surface area contributed by atoms with Gasteiger partial charge in [-0.2, -0.15) is 0 Å². The Hall–Kier alpha value is -2.82. The number of ketones is 1. The van der Waals surface area contributed by atoms with Gasteiger partial charge in [0.2, 0.25) is 0 Å². The predicted octanol–water partition coefficient (Wildman–Crippen LogP) is 2.68. The number of ether oxygens (including phenoxy) is 1. The molecule has 114 valence electrons. The summed E-state index contributed by atoms with van der Waals surface area (Å²) in [4.78, 5) is 24.0. The fraction of sp³-hybridized carbons (Fsp3) is 0.176. The number of phenols is 2. The average Bonchev–Trinajstić information content (AvgIpc) is 2.53. The molecule has 5 heteroatoms. The molecule has 5 nitrogen and oxygen atoms in total. The van der Waals surface area contributed by atoms with E-state index in [9.17, 15) is 19.8 Å². The van der Waals surface area contributed by atoms with Crippen LogP contribution in [0.3, 0.4) is 0 Å². The van der Waals surface area contributed by atoms with Gasteiger partial charge >= 0.3 is 5.97 Å². The van der Waals surface area contributed by atoms with Crippen LogP contribution in [-0.4, -0.2) is 29.1 Å². The van der Waals surface area contributed by atoms with Crippen LogP contribution in [0.15, 0.2) is 36.4 Å². The molecule has 22 heavy (non-hydrogen) atoms. The number of carbonyl (C=O) groups is 2. The van der Waals surface area contributed by atoms with Gasteiger partial charge in [0, 0.05) is 11.6 Å². The van der Waals surface area contributed by atoms with E-state index in [0.717, 1.165) is 6.07 Å². The van der Waals surface area contributed by atoms with Crippen molar-refractivity contribution in [3.63, 3.8) is 0 Å². The zero-order chi connectivity index (χ0) is 16.3. The zero-order valence-electron chi connectivity index (χ0n) is 12.3. The molecule has 0 fully saturated rings. The molecule has 0 spiro atoms. The highest BCUT2D eigenvalue weighted by molar-refractivity contribution is 6.11. The number of carbonyl (C=O) groups excluding carboxylic acids is 2. The molecule has 0 amide bonds. The fourth-order valence-corrected chi connectivity index (χ4v) is 2.15. The number of benzene rings is 2. The number of aryl methyl sites for hydroxylation is 1. The second-order valence-electron chi connectivity index (χ2n) is 4.75. The number of rotatable bonds is 4. The molecule has 0 atom stereocenters. The summed E-state index contributed by atoms with van der Waals surface area (Å²) in [6.45, 7) is 1.83. The number of aromatic hydroxyl groups is 2. The summed E-state index contributed by atoms with van der Waals surface area (Å²) in [5, 5.41) is 19.6. The summed E-state index contributed by atoms with van der Waals surface area (Å²) < 4.78 is 4.62. The van der Waals surface area contributed by atoms with Crippen LogP contribution in [0.25, 0.3) is 0 Å². The predicted molar refractivity (Wildman–Crippen MR) is 80.4 cm³/mol. The van der Waals surface area contributed by atoms with E-state index in [1.807, 2.05) is 6.92 Å². The minimum atomic E-state index is -0.543. The molecule has 0 bridgehead atoms. The fourth-order valence-electron chi connectivity index (χ4n) is 2.15. The van der Waals surface area contributed by atoms with E-state index >= 15 is 0 Å². The first-order valence-electron chi connectivity index (χ1n) is 6.75. The third kappa shape index (κ3) is 2.93. The van der Waals surface area contributed by atoms with Crippen LogP contribution < -0.4 is 0 Å². The maximum atomic E-state index is 12.5. The summed E-state index contributed by atoms with van der Waals surface area (Å²) in [7, 11) is 1.26. The van der Waals surface area contributed by atoms with Gasteiger partial charge in [-0.3, -0.25) is 4.79 Å². The highest BCUT2D eigenvalue weighted by Crippen LogP contribution is 2.29. The minimum Gasteiger partial charge on any atom is -0.508 e. The van der Waals surface area contributed by atoms with Gasteiger partial charge in [0.15, 0.2) is 5.78 Å². The van der Waals surface area contributed by atoms with E-state index in [0.29, 0.717) is 12.0 Å². The Morgan fingerprint density at radius 1 is 1.05 bits per heavy atom. The molecule has 0 radical (unpaired) electrons. The van der Waals surface area contributed by atoms with E-state index in [4.69, 9.17) is 0 Å². The van der Waals surface area contributed by atoms with Crippen molar-refractivity contribution in [2.45, 2.75) is 13.3 Å². The molecule has 2 aromatic carbocycles. The van der Waals surface area contributed by atoms with Crippen molar-refractivity contribution in [2.75, 3.05) is 7.11 Å². The average molecular weight is 300 g/mol. The van der Waals surface area contributed by atoms with Crippen molar-refractivity contribution in [3.05, 3.63) is 58.7 Å². The van der Waals surface area contributed by atoms with Crippen molar-refractivity contribution in [1.82, 2.24) is 0 Å². The Morgan fingerprint density at radius 2 is 1.73 bits per heavy atom. The SMILES string of the molecule is CCc1cc(C(=O)c2cccc(C(=O)OC)c2)c(O)cc1O. The monoisotopic (exact) mass is 300 g/mol. The van der Waals surface area contributed by atoms with Crippen molar-refractivity contribution in [1.29, 1.82) is 0 Å². The van der Waals surface area contributed by atoms with Crippen LogP contribution in [0.1, 0.15) is 38.8 Å². The van der Waals surface area contributed by atoms with E-state index in [1.165, 1.54) is 25.3 Å². The number of hydrogen-bond donors (Lipinski definition) is 2. The lowest BCUT2D eigenvalue weighted by Gasteiger charge is -2.09. The highest BCUT2D eigenvalue weighted by atomic mass is 16.5. The van der Waals surface area contributed by atoms with Crippen LogP contribution >= 0.6 is 0 Å². The first-order valence-corrected chi connectivity index (χ1v) is 6.75. The van der Waals surface area contributed by atoms with Gasteiger partial charge in [-0.25, -0.2) is 4.79 Å². The van der Waals surface area contributed by atoms with Crippen LogP contribution in [0, 0.1) is 0 Å². The van der Waals surface area contributed by atoms with Crippen LogP contribution in [0.2, 0.25) is 0 Å². The summed E-state index contributed by atoms with van der Waals surface area (Å²) >= 11 is 0. The van der Waals surface area contributed by atoms with E-state index in [1.54, 1.807) is 12.1 Å². The Kier molecular flexibility index (Phi) is 4.46. The van der Waals surface area contributed by atoms with Gasteiger partial charge in [-0.1, -0.05) is 19.1 Å². The van der Waals surface area contributed by atoms with E-state index in [-0.39, 0.29) is 28.2 Å². The van der Waals surface area contributed by atoms with Crippen LogP contribution in [0.4, 0.5) is 0 Å². The molecule has 0 aliphatic carbocycles. The molecule has 2 N–H and O–H groups in total. The number of phenolic OH excluding ortho intramolecular Hbond substituents is 2. The Morgan fingerprint density at radius 3 is 2.36 bits per heavy atom. The Labute approximate surface area is 127 Å². The first-order chi connectivity index (χ1) is 10.5. The molecule has 0 saturated heterocycles. The standard InChI is InChI=1S/C17H16O5/c1-3-10-8-13(15(19)9-14(10)18)16(20)11-5-4-6-12(7-11)17(21)22-2/h4-9,18-19H,3H2,1-2H3. The quantitative estimate of drug-likeness (QED) is 0.670. The first kappa shape index (κ1) is 15.6. The van der Waals surface area contributed by atoms with Gasteiger partial charge in [0.25, 0.3) is 0 Å². The molecule has 0 aromatic heterocycles. The summed E-state index contributed by atoms with van der Waals surface area (Å²) in [5.41, 5.74) is 1.15. The molecular weight excluding hydrogens is 284 g/mol. The molecule has 0 heterocycles. The largest absolute Gasteiger partial charge is 0.508 e. The molecule has 2 rings (SSSR count). The normalized spacial score (nSPS) is 10.3. The van der Waals surface area contributed by atoms with Crippen molar-refractivity contribution >= 4 is 11.8 Å². The molecule has 0 unspecified atom stereocenters. The van der Waals surface area contributed by atoms with Gasteiger partial charge in [0.05, 0.1) is 18.2 Å². The number of methoxy groups -OCH3 is 1. The van der Waals surface area contributed by atoms with Gasteiger partial charge in [-0.15, -0.1) is 0 Å². The minimum absolute atomic E-state index is 0.0557. The Bertz CT molecular complexity index is 734. The maximum Gasteiger partial charge on any atom is 0.337 e. The van der Waals surface area contributed by atoms with Crippen molar-refractivity contribution in [3.8, 4) is 11.5 Å². The molecular formula is C17H16O5. The molecule has 0 aliphatic heterocycles. The summed E-state index contributed by atoms with van der Waals surface area (Å²) in [5.74, 6) is -1.33. The van der Waals surface area contributed by atoms with Crippen molar-refractivity contribution in [2.24, 2.45) is 0 Å². The van der Waals surface area contributed by atoms with Crippen molar-refractivity contribution < 1.29 is 24.5 Å². The van der Waals surface area contributed by atoms with E-state index < -0.39 is 11.8 Å². The highest BCUT2D eigenvalue weighted by Gasteiger charge is 2.18. The maximum absolute atomic E-state index is 12.5. The lowest BCUT2D eigenvalue weighted by atomic mass is 9.97. The second kappa shape index (κ2) is 6.30. The van der Waals surface area contributed by atoms with Gasteiger partial charge < -0.3 is 14.9 Å². The third-order valence-corrected chi connectivity index (χ3v) is 3.37. The zero-order valence-corrected chi connectivity index (χ0v) is 12.3. The third-order valence-electron chi connectivity index (χ3n) is 3.37. The number of hydrogen-bond acceptors (Lipinski definition) is 5. The summed E-state index contributed by atoms with van der Waals surface area (Å²) in [6, 6.07) is 8.67. The molecule has 2 aromatic rings. The van der Waals surface area contributed by atoms with Gasteiger partial charge in [-0.05, 0) is 30.2 Å².